The third-order valence-electron chi connectivity index (χ3n) is 5.25. The van der Waals surface area contributed by atoms with Crippen LogP contribution in [0.1, 0.15) is 40.6 Å². The van der Waals surface area contributed by atoms with Gasteiger partial charge in [0.25, 0.3) is 5.91 Å². The van der Waals surface area contributed by atoms with Crippen LogP contribution >= 0.6 is 0 Å². The van der Waals surface area contributed by atoms with E-state index in [0.29, 0.717) is 17.4 Å². The maximum absolute atomic E-state index is 12.6. The molecule has 0 bridgehead atoms. The summed E-state index contributed by atoms with van der Waals surface area (Å²) in [4.78, 5) is 24.0. The van der Waals surface area contributed by atoms with Gasteiger partial charge in [0.1, 0.15) is 0 Å². The lowest BCUT2D eigenvalue weighted by molar-refractivity contribution is 0.102. The van der Waals surface area contributed by atoms with Crippen molar-refractivity contribution in [1.82, 2.24) is 24.6 Å². The molecule has 0 unspecified atom stereocenters. The normalized spacial score (nSPS) is 16.0. The zero-order valence-corrected chi connectivity index (χ0v) is 15.9. The number of likely N-dealkylation sites (tertiary alicyclic amines) is 1. The summed E-state index contributed by atoms with van der Waals surface area (Å²) < 4.78 is 1.97. The molecule has 7 nitrogen and oxygen atoms in total. The summed E-state index contributed by atoms with van der Waals surface area (Å²) in [6, 6.07) is 7.63. The molecule has 2 aromatic heterocycles. The van der Waals surface area contributed by atoms with E-state index in [1.807, 2.05) is 36.9 Å². The summed E-state index contributed by atoms with van der Waals surface area (Å²) >= 11 is 0. The molecule has 1 amide bonds. The van der Waals surface area contributed by atoms with Crippen LogP contribution in [0.25, 0.3) is 11.0 Å². The SMILES string of the molecule is Cc1nc2ccc(C(=O)Nc3ccn(C4CCN(C)CC4)n3)cc2nc1C. The number of rotatable bonds is 3. The van der Waals surface area contributed by atoms with E-state index in [1.54, 1.807) is 12.1 Å². The van der Waals surface area contributed by atoms with Gasteiger partial charge in [-0.25, -0.2) is 9.97 Å². The first-order valence-electron chi connectivity index (χ1n) is 9.29. The molecule has 1 N–H and O–H groups in total. The fraction of sp³-hybridized carbons (Fsp3) is 0.400. The van der Waals surface area contributed by atoms with Crippen molar-refractivity contribution in [3.63, 3.8) is 0 Å². The first-order valence-corrected chi connectivity index (χ1v) is 9.29. The van der Waals surface area contributed by atoms with Gasteiger partial charge in [0.15, 0.2) is 5.82 Å². The molecule has 1 aliphatic heterocycles. The number of aromatic nitrogens is 4. The van der Waals surface area contributed by atoms with Crippen molar-refractivity contribution in [3.8, 4) is 0 Å². The van der Waals surface area contributed by atoms with Gasteiger partial charge in [-0.15, -0.1) is 0 Å². The van der Waals surface area contributed by atoms with Gasteiger partial charge in [0, 0.05) is 17.8 Å². The quantitative estimate of drug-likeness (QED) is 0.773. The first-order chi connectivity index (χ1) is 13.0. The van der Waals surface area contributed by atoms with Crippen molar-refractivity contribution < 1.29 is 4.79 Å². The Hall–Kier alpha value is -2.80. The van der Waals surface area contributed by atoms with Gasteiger partial charge in [-0.05, 0) is 65.0 Å². The third kappa shape index (κ3) is 3.68. The topological polar surface area (TPSA) is 75.9 Å². The second kappa shape index (κ2) is 7.08. The van der Waals surface area contributed by atoms with Gasteiger partial charge in [0.05, 0.1) is 28.5 Å². The summed E-state index contributed by atoms with van der Waals surface area (Å²) in [5, 5.41) is 7.44. The maximum Gasteiger partial charge on any atom is 0.256 e. The van der Waals surface area contributed by atoms with Gasteiger partial charge >= 0.3 is 0 Å². The van der Waals surface area contributed by atoms with E-state index >= 15 is 0 Å². The molecule has 3 aromatic rings. The lowest BCUT2D eigenvalue weighted by atomic mass is 10.1. The molecule has 0 aliphatic carbocycles. The van der Waals surface area contributed by atoms with E-state index in [9.17, 15) is 4.79 Å². The molecular weight excluding hydrogens is 340 g/mol. The van der Waals surface area contributed by atoms with E-state index in [4.69, 9.17) is 0 Å². The second-order valence-corrected chi connectivity index (χ2v) is 7.27. The molecule has 0 spiro atoms. The molecule has 27 heavy (non-hydrogen) atoms. The van der Waals surface area contributed by atoms with Crippen LogP contribution in [-0.2, 0) is 0 Å². The standard InChI is InChI=1S/C20H24N6O/c1-13-14(2)22-18-12-15(4-5-17(18)21-13)20(27)23-19-8-11-26(24-19)16-6-9-25(3)10-7-16/h4-5,8,11-12,16H,6-7,9-10H2,1-3H3,(H,23,24,27). The minimum Gasteiger partial charge on any atom is -0.306 e. The fourth-order valence-electron chi connectivity index (χ4n) is 3.43. The Morgan fingerprint density at radius 3 is 2.52 bits per heavy atom. The summed E-state index contributed by atoms with van der Waals surface area (Å²) in [6.07, 6.45) is 4.10. The van der Waals surface area contributed by atoms with E-state index in [2.05, 4.69) is 32.3 Å². The second-order valence-electron chi connectivity index (χ2n) is 7.27. The van der Waals surface area contributed by atoms with Crippen LogP contribution in [0.2, 0.25) is 0 Å². The number of hydrogen-bond acceptors (Lipinski definition) is 5. The number of carbonyl (C=O) groups excluding carboxylic acids is 1. The largest absolute Gasteiger partial charge is 0.306 e. The van der Waals surface area contributed by atoms with Crippen molar-refractivity contribution in [2.75, 3.05) is 25.5 Å². The minimum atomic E-state index is -0.189. The van der Waals surface area contributed by atoms with Gasteiger partial charge in [-0.3, -0.25) is 9.48 Å². The highest BCUT2D eigenvalue weighted by Crippen LogP contribution is 2.22. The van der Waals surface area contributed by atoms with E-state index in [0.717, 1.165) is 48.4 Å². The lowest BCUT2D eigenvalue weighted by Crippen LogP contribution is -2.31. The molecule has 140 valence electrons. The zero-order valence-electron chi connectivity index (χ0n) is 15.9. The maximum atomic E-state index is 12.6. The molecule has 1 aromatic carbocycles. The van der Waals surface area contributed by atoms with Crippen LogP contribution in [0.4, 0.5) is 5.82 Å². The number of anilines is 1. The Morgan fingerprint density at radius 2 is 1.78 bits per heavy atom. The Labute approximate surface area is 158 Å². The van der Waals surface area contributed by atoms with E-state index in [1.165, 1.54) is 0 Å². The van der Waals surface area contributed by atoms with Gasteiger partial charge in [-0.1, -0.05) is 0 Å². The number of amides is 1. The number of nitrogens with zero attached hydrogens (tertiary/aromatic N) is 5. The summed E-state index contributed by atoms with van der Waals surface area (Å²) in [7, 11) is 2.14. The van der Waals surface area contributed by atoms with Crippen LogP contribution in [0, 0.1) is 13.8 Å². The van der Waals surface area contributed by atoms with Crippen molar-refractivity contribution in [1.29, 1.82) is 0 Å². The van der Waals surface area contributed by atoms with Gasteiger partial charge in [-0.2, -0.15) is 5.10 Å². The number of hydrogen-bond donors (Lipinski definition) is 1. The van der Waals surface area contributed by atoms with E-state index < -0.39 is 0 Å². The summed E-state index contributed by atoms with van der Waals surface area (Å²) in [6.45, 7) is 6.00. The highest BCUT2D eigenvalue weighted by molar-refractivity contribution is 6.05. The highest BCUT2D eigenvalue weighted by atomic mass is 16.1. The number of piperidine rings is 1. The lowest BCUT2D eigenvalue weighted by Gasteiger charge is -2.28. The molecule has 7 heteroatoms. The van der Waals surface area contributed by atoms with Crippen molar-refractivity contribution in [2.24, 2.45) is 0 Å². The highest BCUT2D eigenvalue weighted by Gasteiger charge is 2.19. The van der Waals surface area contributed by atoms with Crippen LogP contribution in [0.15, 0.2) is 30.5 Å². The number of aryl methyl sites for hydroxylation is 2. The molecule has 1 fully saturated rings. The smallest absolute Gasteiger partial charge is 0.256 e. The van der Waals surface area contributed by atoms with Crippen LogP contribution in [-0.4, -0.2) is 50.7 Å². The van der Waals surface area contributed by atoms with Crippen LogP contribution in [0.3, 0.4) is 0 Å². The number of carbonyl (C=O) groups is 1. The monoisotopic (exact) mass is 364 g/mol. The average molecular weight is 364 g/mol. The molecule has 1 saturated heterocycles. The van der Waals surface area contributed by atoms with Crippen molar-refractivity contribution >= 4 is 22.8 Å². The molecular formula is C20H24N6O. The third-order valence-corrected chi connectivity index (χ3v) is 5.25. The Kier molecular flexibility index (Phi) is 4.61. The van der Waals surface area contributed by atoms with Gasteiger partial charge < -0.3 is 10.2 Å². The number of fused-ring (bicyclic) bond motifs is 1. The number of benzene rings is 1. The van der Waals surface area contributed by atoms with Crippen LogP contribution in [0.5, 0.6) is 0 Å². The van der Waals surface area contributed by atoms with Crippen molar-refractivity contribution in [2.45, 2.75) is 32.7 Å². The van der Waals surface area contributed by atoms with E-state index in [-0.39, 0.29) is 5.91 Å². The number of nitrogens with one attached hydrogen (secondary N) is 1. The molecule has 0 radical (unpaired) electrons. The molecule has 1 aliphatic rings. The Bertz CT molecular complexity index is 987. The molecule has 3 heterocycles. The molecule has 0 saturated carbocycles. The van der Waals surface area contributed by atoms with Gasteiger partial charge in [0.2, 0.25) is 0 Å². The first kappa shape index (κ1) is 17.6. The van der Waals surface area contributed by atoms with Crippen molar-refractivity contribution in [3.05, 3.63) is 47.4 Å². The zero-order chi connectivity index (χ0) is 19.0. The predicted octanol–water partition coefficient (Wildman–Crippen LogP) is 2.96. The molecule has 4 rings (SSSR count). The predicted molar refractivity (Wildman–Crippen MR) is 105 cm³/mol. The molecule has 0 atom stereocenters. The summed E-state index contributed by atoms with van der Waals surface area (Å²) in [5.74, 6) is 0.385. The average Bonchev–Trinajstić information content (AvgIpc) is 3.11. The Morgan fingerprint density at radius 1 is 1.07 bits per heavy atom. The summed E-state index contributed by atoms with van der Waals surface area (Å²) in [5.41, 5.74) is 3.84. The Balaban J connectivity index is 1.49. The minimum absolute atomic E-state index is 0.189. The van der Waals surface area contributed by atoms with Crippen LogP contribution < -0.4 is 5.32 Å². The fourth-order valence-corrected chi connectivity index (χ4v) is 3.43.